The number of nitrogens with zero attached hydrogens (tertiary/aromatic N) is 2. The lowest BCUT2D eigenvalue weighted by molar-refractivity contribution is 0.223. The van der Waals surface area contributed by atoms with Crippen molar-refractivity contribution in [2.75, 3.05) is 26.2 Å². The summed E-state index contributed by atoms with van der Waals surface area (Å²) in [6.07, 6.45) is 12.5. The molecule has 2 heterocycles. The van der Waals surface area contributed by atoms with E-state index in [0.717, 1.165) is 35.4 Å². The molecule has 1 saturated heterocycles. The zero-order valence-electron chi connectivity index (χ0n) is 17.9. The number of piperidine rings is 1. The van der Waals surface area contributed by atoms with E-state index < -0.39 is 0 Å². The van der Waals surface area contributed by atoms with E-state index in [1.807, 2.05) is 12.3 Å². The number of benzene rings is 2. The van der Waals surface area contributed by atoms with Crippen LogP contribution in [-0.4, -0.2) is 35.7 Å². The number of hydrogen-bond donors (Lipinski definition) is 0. The lowest BCUT2D eigenvalue weighted by Crippen LogP contribution is -2.30. The summed E-state index contributed by atoms with van der Waals surface area (Å²) < 4.78 is 21.2. The second kappa shape index (κ2) is 10.6. The second-order valence-corrected chi connectivity index (χ2v) is 8.40. The highest BCUT2D eigenvalue weighted by Crippen LogP contribution is 2.25. The van der Waals surface area contributed by atoms with Crippen molar-refractivity contribution < 1.29 is 9.13 Å². The fraction of sp³-hybridized carbons (Fsp3) is 0.462. The van der Waals surface area contributed by atoms with Gasteiger partial charge >= 0.3 is 0 Å². The molecule has 0 radical (unpaired) electrons. The van der Waals surface area contributed by atoms with Crippen molar-refractivity contribution in [2.24, 2.45) is 0 Å². The first kappa shape index (κ1) is 20.9. The molecule has 4 rings (SSSR count). The van der Waals surface area contributed by atoms with Crippen molar-refractivity contribution in [3.8, 4) is 11.4 Å². The molecule has 0 bridgehead atoms. The molecule has 0 atom stereocenters. The molecule has 160 valence electrons. The molecule has 1 aliphatic rings. The van der Waals surface area contributed by atoms with Gasteiger partial charge in [0, 0.05) is 17.3 Å². The van der Waals surface area contributed by atoms with Crippen LogP contribution in [0.5, 0.6) is 5.75 Å². The van der Waals surface area contributed by atoms with Crippen LogP contribution in [0.3, 0.4) is 0 Å². The molecule has 3 aromatic rings. The van der Waals surface area contributed by atoms with E-state index in [-0.39, 0.29) is 5.82 Å². The van der Waals surface area contributed by atoms with Gasteiger partial charge in [-0.15, -0.1) is 0 Å². The first-order valence-corrected chi connectivity index (χ1v) is 11.5. The van der Waals surface area contributed by atoms with Crippen molar-refractivity contribution in [3.05, 3.63) is 60.5 Å². The maximum absolute atomic E-state index is 13.2. The van der Waals surface area contributed by atoms with Gasteiger partial charge in [0.25, 0.3) is 0 Å². The molecule has 0 aliphatic carbocycles. The zero-order chi connectivity index (χ0) is 20.6. The van der Waals surface area contributed by atoms with Crippen LogP contribution in [0, 0.1) is 5.82 Å². The predicted molar refractivity (Wildman–Crippen MR) is 122 cm³/mol. The summed E-state index contributed by atoms with van der Waals surface area (Å²) in [6, 6.07) is 14.9. The van der Waals surface area contributed by atoms with Gasteiger partial charge in [-0.05, 0) is 93.8 Å². The summed E-state index contributed by atoms with van der Waals surface area (Å²) in [7, 11) is 0. The Labute approximate surface area is 179 Å². The van der Waals surface area contributed by atoms with Gasteiger partial charge < -0.3 is 14.2 Å². The summed E-state index contributed by atoms with van der Waals surface area (Å²) in [6.45, 7) is 4.68. The fourth-order valence-electron chi connectivity index (χ4n) is 4.38. The molecule has 1 fully saturated rings. The van der Waals surface area contributed by atoms with Gasteiger partial charge in [0.2, 0.25) is 0 Å². The molecule has 0 saturated carbocycles. The molecule has 0 amide bonds. The number of ether oxygens (including phenoxy) is 1. The summed E-state index contributed by atoms with van der Waals surface area (Å²) in [5.74, 6) is 0.706. The van der Waals surface area contributed by atoms with E-state index in [9.17, 15) is 4.39 Å². The average Bonchev–Trinajstić information content (AvgIpc) is 3.20. The predicted octanol–water partition coefficient (Wildman–Crippen LogP) is 6.58. The summed E-state index contributed by atoms with van der Waals surface area (Å²) in [4.78, 5) is 2.63. The topological polar surface area (TPSA) is 17.4 Å². The van der Waals surface area contributed by atoms with E-state index in [1.54, 1.807) is 12.1 Å². The highest BCUT2D eigenvalue weighted by atomic mass is 19.1. The standard InChI is InChI=1S/C26H33FN2O/c27-23-9-11-24(12-10-23)29-19-15-22-21-25(13-14-26(22)29)30-20-8-3-1-2-5-16-28-17-6-4-7-18-28/h9-15,19,21H,1-8,16-18,20H2. The van der Waals surface area contributed by atoms with E-state index in [1.165, 1.54) is 76.7 Å². The minimum absolute atomic E-state index is 0.215. The molecule has 0 N–H and O–H groups in total. The van der Waals surface area contributed by atoms with E-state index >= 15 is 0 Å². The van der Waals surface area contributed by atoms with Gasteiger partial charge in [0.15, 0.2) is 0 Å². The Balaban J connectivity index is 1.17. The van der Waals surface area contributed by atoms with E-state index in [0.29, 0.717) is 0 Å². The Morgan fingerprint density at radius 2 is 1.57 bits per heavy atom. The molecule has 1 aliphatic heterocycles. The largest absolute Gasteiger partial charge is 0.494 e. The minimum Gasteiger partial charge on any atom is -0.494 e. The normalized spacial score (nSPS) is 15.0. The van der Waals surface area contributed by atoms with Gasteiger partial charge in [0.1, 0.15) is 11.6 Å². The van der Waals surface area contributed by atoms with Crippen molar-refractivity contribution in [2.45, 2.75) is 51.4 Å². The first-order valence-electron chi connectivity index (χ1n) is 11.5. The van der Waals surface area contributed by atoms with Gasteiger partial charge in [-0.3, -0.25) is 0 Å². The second-order valence-electron chi connectivity index (χ2n) is 8.40. The van der Waals surface area contributed by atoms with Crippen LogP contribution < -0.4 is 4.74 Å². The van der Waals surface area contributed by atoms with Crippen LogP contribution in [0.2, 0.25) is 0 Å². The van der Waals surface area contributed by atoms with Gasteiger partial charge in [0.05, 0.1) is 12.1 Å². The molecule has 0 spiro atoms. The molecular formula is C26H33FN2O. The number of hydrogen-bond acceptors (Lipinski definition) is 2. The average molecular weight is 409 g/mol. The van der Waals surface area contributed by atoms with Crippen LogP contribution >= 0.6 is 0 Å². The number of likely N-dealkylation sites (tertiary alicyclic amines) is 1. The van der Waals surface area contributed by atoms with Crippen molar-refractivity contribution in [1.82, 2.24) is 9.47 Å². The summed E-state index contributed by atoms with van der Waals surface area (Å²) in [5, 5.41) is 1.13. The molecule has 2 aromatic carbocycles. The Morgan fingerprint density at radius 1 is 0.800 bits per heavy atom. The SMILES string of the molecule is Fc1ccc(-n2ccc3cc(OCCCCCCCN4CCCCC4)ccc32)cc1. The van der Waals surface area contributed by atoms with Crippen molar-refractivity contribution >= 4 is 10.9 Å². The van der Waals surface area contributed by atoms with Gasteiger partial charge in [-0.2, -0.15) is 0 Å². The van der Waals surface area contributed by atoms with Crippen LogP contribution in [0.1, 0.15) is 51.4 Å². The van der Waals surface area contributed by atoms with Gasteiger partial charge in [-0.25, -0.2) is 4.39 Å². The highest BCUT2D eigenvalue weighted by molar-refractivity contribution is 5.83. The Kier molecular flexibility index (Phi) is 7.41. The van der Waals surface area contributed by atoms with E-state index in [4.69, 9.17) is 4.74 Å². The highest BCUT2D eigenvalue weighted by Gasteiger charge is 2.09. The maximum atomic E-state index is 13.2. The van der Waals surface area contributed by atoms with Crippen LogP contribution in [0.4, 0.5) is 4.39 Å². The number of halogens is 1. The summed E-state index contributed by atoms with van der Waals surface area (Å²) in [5.41, 5.74) is 2.06. The quantitative estimate of drug-likeness (QED) is 0.352. The number of aromatic nitrogens is 1. The number of rotatable bonds is 10. The molecule has 0 unspecified atom stereocenters. The molecule has 3 nitrogen and oxygen atoms in total. The van der Waals surface area contributed by atoms with Crippen molar-refractivity contribution in [1.29, 1.82) is 0 Å². The number of unbranched alkanes of at least 4 members (excludes halogenated alkanes) is 4. The van der Waals surface area contributed by atoms with Crippen LogP contribution in [0.25, 0.3) is 16.6 Å². The zero-order valence-corrected chi connectivity index (χ0v) is 17.9. The third-order valence-corrected chi connectivity index (χ3v) is 6.10. The van der Waals surface area contributed by atoms with Crippen molar-refractivity contribution in [3.63, 3.8) is 0 Å². The molecule has 4 heteroatoms. The Bertz CT molecular complexity index is 912. The monoisotopic (exact) mass is 408 g/mol. The summed E-state index contributed by atoms with van der Waals surface area (Å²) >= 11 is 0. The minimum atomic E-state index is -0.215. The smallest absolute Gasteiger partial charge is 0.123 e. The lowest BCUT2D eigenvalue weighted by Gasteiger charge is -2.26. The third-order valence-electron chi connectivity index (χ3n) is 6.10. The molecular weight excluding hydrogens is 375 g/mol. The first-order chi connectivity index (χ1) is 14.8. The fourth-order valence-corrected chi connectivity index (χ4v) is 4.38. The van der Waals surface area contributed by atoms with Crippen LogP contribution in [-0.2, 0) is 0 Å². The molecule has 30 heavy (non-hydrogen) atoms. The van der Waals surface area contributed by atoms with Gasteiger partial charge in [-0.1, -0.05) is 25.7 Å². The Hall–Kier alpha value is -2.33. The van der Waals surface area contributed by atoms with E-state index in [2.05, 4.69) is 27.7 Å². The third kappa shape index (κ3) is 5.63. The lowest BCUT2D eigenvalue weighted by atomic mass is 10.1. The van der Waals surface area contributed by atoms with Crippen LogP contribution in [0.15, 0.2) is 54.7 Å². The number of fused-ring (bicyclic) bond motifs is 1. The Morgan fingerprint density at radius 3 is 2.40 bits per heavy atom. The molecule has 1 aromatic heterocycles. The maximum Gasteiger partial charge on any atom is 0.123 e.